The van der Waals surface area contributed by atoms with Gasteiger partial charge in [-0.3, -0.25) is 0 Å². The third-order valence-corrected chi connectivity index (χ3v) is 3.49. The van der Waals surface area contributed by atoms with Crippen molar-refractivity contribution in [3.63, 3.8) is 0 Å². The normalized spacial score (nSPS) is 11.2. The number of rotatable bonds is 4. The lowest BCUT2D eigenvalue weighted by Crippen LogP contribution is -2.07. The average molecular weight is 352 g/mol. The lowest BCUT2D eigenvalue weighted by atomic mass is 10.1. The molecule has 9 heteroatoms. The Morgan fingerprint density at radius 3 is 2.36 bits per heavy atom. The average Bonchev–Trinajstić information content (AvgIpc) is 2.90. The number of hydrogen-bond acceptors (Lipinski definition) is 4. The highest BCUT2D eigenvalue weighted by Gasteiger charge is 2.22. The molecule has 5 nitrogen and oxygen atoms in total. The van der Waals surface area contributed by atoms with Crippen LogP contribution in [0.2, 0.25) is 0 Å². The molecule has 0 unspecified atom stereocenters. The molecule has 0 amide bonds. The number of ether oxygens (including phenoxy) is 1. The summed E-state index contributed by atoms with van der Waals surface area (Å²) in [5, 5.41) is 7.66. The Morgan fingerprint density at radius 1 is 1.08 bits per heavy atom. The molecule has 130 valence electrons. The van der Waals surface area contributed by atoms with Crippen molar-refractivity contribution in [3.05, 3.63) is 47.7 Å². The molecule has 0 bridgehead atoms. The highest BCUT2D eigenvalue weighted by atomic mass is 19.3. The first-order valence-corrected chi connectivity index (χ1v) is 7.14. The van der Waals surface area contributed by atoms with Crippen molar-refractivity contribution in [1.29, 1.82) is 0 Å². The van der Waals surface area contributed by atoms with Gasteiger partial charge in [-0.1, -0.05) is 6.07 Å². The minimum absolute atomic E-state index is 0.0875. The van der Waals surface area contributed by atoms with Gasteiger partial charge in [-0.25, -0.2) is 13.8 Å². The molecule has 0 atom stereocenters. The number of aryl methyl sites for hydroxylation is 1. The summed E-state index contributed by atoms with van der Waals surface area (Å²) in [6.07, 6.45) is 1.36. The van der Waals surface area contributed by atoms with Crippen LogP contribution in [-0.4, -0.2) is 26.4 Å². The monoisotopic (exact) mass is 352 g/mol. The quantitative estimate of drug-likeness (QED) is 0.672. The van der Waals surface area contributed by atoms with Crippen LogP contribution in [0.4, 0.5) is 17.6 Å². The minimum Gasteiger partial charge on any atom is -0.416 e. The number of halogens is 4. The van der Waals surface area contributed by atoms with Gasteiger partial charge in [-0.05, 0) is 30.7 Å². The fourth-order valence-electron chi connectivity index (χ4n) is 2.39. The van der Waals surface area contributed by atoms with Crippen LogP contribution in [0, 0.1) is 18.6 Å². The molecule has 0 aliphatic carbocycles. The third kappa shape index (κ3) is 3.17. The van der Waals surface area contributed by atoms with E-state index in [9.17, 15) is 17.6 Å². The third-order valence-electron chi connectivity index (χ3n) is 3.49. The van der Waals surface area contributed by atoms with Gasteiger partial charge in [0.1, 0.15) is 11.6 Å². The largest absolute Gasteiger partial charge is 0.416 e. The molecular formula is C16H12F4N4O. The van der Waals surface area contributed by atoms with Crippen LogP contribution in [0.5, 0.6) is 5.88 Å². The Labute approximate surface area is 139 Å². The molecule has 0 aliphatic rings. The van der Waals surface area contributed by atoms with Crippen LogP contribution in [0.25, 0.3) is 22.8 Å². The Hall–Kier alpha value is -2.97. The first-order chi connectivity index (χ1) is 11.9. The molecule has 0 saturated heterocycles. The van der Waals surface area contributed by atoms with Crippen molar-refractivity contribution in [2.75, 3.05) is 0 Å². The van der Waals surface area contributed by atoms with Crippen LogP contribution >= 0.6 is 0 Å². The summed E-state index contributed by atoms with van der Waals surface area (Å²) < 4.78 is 58.8. The standard InChI is InChI=1S/C16H12F4N4O/c1-8-6-9(15(21-7-8)25-16(19)20)13-22-23-14(24(13)2)12-10(17)4-3-5-11(12)18/h3-7,16H,1-2H3. The first kappa shape index (κ1) is 16.9. The van der Waals surface area contributed by atoms with Crippen LogP contribution in [0.1, 0.15) is 5.56 Å². The van der Waals surface area contributed by atoms with E-state index in [1.807, 2.05) is 0 Å². The minimum atomic E-state index is -3.08. The fraction of sp³-hybridized carbons (Fsp3) is 0.188. The second-order valence-electron chi connectivity index (χ2n) is 5.25. The Kier molecular flexibility index (Phi) is 4.39. The summed E-state index contributed by atoms with van der Waals surface area (Å²) in [6.45, 7) is -1.37. The zero-order valence-electron chi connectivity index (χ0n) is 13.2. The van der Waals surface area contributed by atoms with Gasteiger partial charge >= 0.3 is 6.61 Å². The number of hydrogen-bond donors (Lipinski definition) is 0. The molecule has 25 heavy (non-hydrogen) atoms. The van der Waals surface area contributed by atoms with E-state index in [0.29, 0.717) is 5.56 Å². The van der Waals surface area contributed by atoms with Gasteiger partial charge < -0.3 is 9.30 Å². The molecule has 0 spiro atoms. The molecule has 0 radical (unpaired) electrons. The summed E-state index contributed by atoms with van der Waals surface area (Å²) in [5.41, 5.74) is 0.442. The lowest BCUT2D eigenvalue weighted by molar-refractivity contribution is -0.0524. The summed E-state index contributed by atoms with van der Waals surface area (Å²) in [5.74, 6) is -1.97. The zero-order chi connectivity index (χ0) is 18.1. The van der Waals surface area contributed by atoms with Crippen molar-refractivity contribution in [1.82, 2.24) is 19.7 Å². The van der Waals surface area contributed by atoms with Crippen LogP contribution < -0.4 is 4.74 Å². The highest BCUT2D eigenvalue weighted by molar-refractivity contribution is 5.67. The Bertz CT molecular complexity index is 906. The van der Waals surface area contributed by atoms with Gasteiger partial charge in [0.2, 0.25) is 5.88 Å². The second kappa shape index (κ2) is 6.50. The number of benzene rings is 1. The number of aromatic nitrogens is 4. The molecule has 0 aliphatic heterocycles. The van der Waals surface area contributed by atoms with Crippen molar-refractivity contribution in [3.8, 4) is 28.7 Å². The molecule has 2 heterocycles. The first-order valence-electron chi connectivity index (χ1n) is 7.14. The van der Waals surface area contributed by atoms with E-state index in [1.54, 1.807) is 6.92 Å². The smallest absolute Gasteiger partial charge is 0.388 e. The summed E-state index contributed by atoms with van der Waals surface area (Å²) in [6, 6.07) is 4.93. The topological polar surface area (TPSA) is 52.8 Å². The second-order valence-corrected chi connectivity index (χ2v) is 5.25. The summed E-state index contributed by atoms with van der Waals surface area (Å²) in [7, 11) is 1.46. The molecule has 2 aromatic heterocycles. The van der Waals surface area contributed by atoms with E-state index < -0.39 is 18.2 Å². The molecule has 0 fully saturated rings. The van der Waals surface area contributed by atoms with E-state index in [4.69, 9.17) is 0 Å². The van der Waals surface area contributed by atoms with Gasteiger partial charge in [0.15, 0.2) is 11.6 Å². The van der Waals surface area contributed by atoms with Gasteiger partial charge in [-0.15, -0.1) is 10.2 Å². The summed E-state index contributed by atoms with van der Waals surface area (Å²) in [4.78, 5) is 3.82. The van der Waals surface area contributed by atoms with Gasteiger partial charge in [0.25, 0.3) is 0 Å². The maximum atomic E-state index is 14.0. The molecule has 0 N–H and O–H groups in total. The zero-order valence-corrected chi connectivity index (χ0v) is 13.2. The molecule has 1 aromatic carbocycles. The molecule has 3 rings (SSSR count). The Morgan fingerprint density at radius 2 is 1.72 bits per heavy atom. The maximum Gasteiger partial charge on any atom is 0.388 e. The number of nitrogens with zero attached hydrogens (tertiary/aromatic N) is 4. The summed E-state index contributed by atoms with van der Waals surface area (Å²) >= 11 is 0. The SMILES string of the molecule is Cc1cnc(OC(F)F)c(-c2nnc(-c3c(F)cccc3F)n2C)c1. The van der Waals surface area contributed by atoms with Crippen LogP contribution in [0.15, 0.2) is 30.5 Å². The van der Waals surface area contributed by atoms with Gasteiger partial charge in [0, 0.05) is 13.2 Å². The van der Waals surface area contributed by atoms with E-state index >= 15 is 0 Å². The van der Waals surface area contributed by atoms with Gasteiger partial charge in [0.05, 0.1) is 11.1 Å². The molecule has 0 saturated carbocycles. The molecular weight excluding hydrogens is 340 g/mol. The van der Waals surface area contributed by atoms with Crippen LogP contribution in [-0.2, 0) is 7.05 Å². The van der Waals surface area contributed by atoms with E-state index in [0.717, 1.165) is 12.1 Å². The van der Waals surface area contributed by atoms with Crippen molar-refractivity contribution in [2.24, 2.45) is 7.05 Å². The van der Waals surface area contributed by atoms with E-state index in [1.165, 1.54) is 29.9 Å². The Balaban J connectivity index is 2.16. The van der Waals surface area contributed by atoms with Crippen molar-refractivity contribution in [2.45, 2.75) is 13.5 Å². The van der Waals surface area contributed by atoms with Crippen molar-refractivity contribution >= 4 is 0 Å². The fourth-order valence-corrected chi connectivity index (χ4v) is 2.39. The number of pyridine rings is 1. The molecule has 3 aromatic rings. The maximum absolute atomic E-state index is 14.0. The predicted octanol–water partition coefficient (Wildman–Crippen LogP) is 3.73. The van der Waals surface area contributed by atoms with Crippen molar-refractivity contribution < 1.29 is 22.3 Å². The predicted molar refractivity (Wildman–Crippen MR) is 81.0 cm³/mol. The highest BCUT2D eigenvalue weighted by Crippen LogP contribution is 2.32. The van der Waals surface area contributed by atoms with Crippen LogP contribution in [0.3, 0.4) is 0 Å². The number of alkyl halides is 2. The van der Waals surface area contributed by atoms with Gasteiger partial charge in [-0.2, -0.15) is 8.78 Å². The van der Waals surface area contributed by atoms with E-state index in [-0.39, 0.29) is 28.7 Å². The van der Waals surface area contributed by atoms with E-state index in [2.05, 4.69) is 19.9 Å². The lowest BCUT2D eigenvalue weighted by Gasteiger charge is -2.10.